The third-order valence-electron chi connectivity index (χ3n) is 3.51. The van der Waals surface area contributed by atoms with Crippen molar-refractivity contribution in [1.82, 2.24) is 15.5 Å². The monoisotopic (exact) mass is 252 g/mol. The van der Waals surface area contributed by atoms with Crippen molar-refractivity contribution in [2.75, 3.05) is 18.9 Å². The van der Waals surface area contributed by atoms with Gasteiger partial charge in [0.15, 0.2) is 5.69 Å². The fraction of sp³-hybridized carbons (Fsp3) is 0.667. The number of hydrogen-bond acceptors (Lipinski definition) is 4. The Kier molecular flexibility index (Phi) is 3.56. The lowest BCUT2D eigenvalue weighted by Gasteiger charge is -2.11. The van der Waals surface area contributed by atoms with Gasteiger partial charge in [-0.3, -0.25) is 9.89 Å². The summed E-state index contributed by atoms with van der Waals surface area (Å²) in [4.78, 5) is 11.9. The van der Waals surface area contributed by atoms with Crippen LogP contribution in [-0.4, -0.2) is 34.4 Å². The number of aliphatic hydroxyl groups excluding tert-OH is 1. The Balaban J connectivity index is 1.96. The summed E-state index contributed by atoms with van der Waals surface area (Å²) in [6.07, 6.45) is 3.65. The second kappa shape index (κ2) is 4.97. The van der Waals surface area contributed by atoms with E-state index in [4.69, 9.17) is 5.73 Å². The van der Waals surface area contributed by atoms with Gasteiger partial charge in [-0.15, -0.1) is 0 Å². The van der Waals surface area contributed by atoms with Crippen LogP contribution < -0.4 is 11.1 Å². The number of aliphatic hydroxyl groups is 1. The molecule has 5 N–H and O–H groups in total. The van der Waals surface area contributed by atoms with Crippen molar-refractivity contribution in [3.8, 4) is 0 Å². The summed E-state index contributed by atoms with van der Waals surface area (Å²) in [5.74, 6) is -0.272. The smallest absolute Gasteiger partial charge is 0.273 e. The maximum atomic E-state index is 11.9. The SMILES string of the molecule is CCCc1[nH]nc(C(=O)NCC2(CO)CC2)c1N. The highest BCUT2D eigenvalue weighted by molar-refractivity contribution is 5.97. The minimum Gasteiger partial charge on any atom is -0.396 e. The van der Waals surface area contributed by atoms with Crippen LogP contribution in [0.2, 0.25) is 0 Å². The Bertz CT molecular complexity index is 437. The Morgan fingerprint density at radius 1 is 1.61 bits per heavy atom. The average molecular weight is 252 g/mol. The molecule has 100 valence electrons. The second-order valence-electron chi connectivity index (χ2n) is 5.06. The highest BCUT2D eigenvalue weighted by atomic mass is 16.3. The first-order valence-electron chi connectivity index (χ1n) is 6.33. The molecule has 6 heteroatoms. The first-order valence-corrected chi connectivity index (χ1v) is 6.33. The van der Waals surface area contributed by atoms with Gasteiger partial charge in [0.2, 0.25) is 0 Å². The summed E-state index contributed by atoms with van der Waals surface area (Å²) in [6, 6.07) is 0. The van der Waals surface area contributed by atoms with E-state index >= 15 is 0 Å². The van der Waals surface area contributed by atoms with Crippen LogP contribution in [0, 0.1) is 5.41 Å². The van der Waals surface area contributed by atoms with Crippen LogP contribution >= 0.6 is 0 Å². The third kappa shape index (κ3) is 2.48. The molecule has 1 aromatic heterocycles. The van der Waals surface area contributed by atoms with Crippen LogP contribution in [0.15, 0.2) is 0 Å². The van der Waals surface area contributed by atoms with E-state index < -0.39 is 0 Å². The number of carbonyl (C=O) groups excluding carboxylic acids is 1. The standard InChI is InChI=1S/C12H20N4O2/c1-2-3-8-9(13)10(16-15-8)11(18)14-6-12(7-17)4-5-12/h17H,2-7,13H2,1H3,(H,14,18)(H,15,16). The van der Waals surface area contributed by atoms with Crippen molar-refractivity contribution in [1.29, 1.82) is 0 Å². The number of aromatic nitrogens is 2. The Morgan fingerprint density at radius 3 is 2.89 bits per heavy atom. The minimum atomic E-state index is -0.272. The van der Waals surface area contributed by atoms with Gasteiger partial charge in [0.1, 0.15) is 0 Å². The number of nitrogens with one attached hydrogen (secondary N) is 2. The van der Waals surface area contributed by atoms with Crippen molar-refractivity contribution < 1.29 is 9.90 Å². The van der Waals surface area contributed by atoms with Crippen LogP contribution in [0.5, 0.6) is 0 Å². The number of anilines is 1. The maximum absolute atomic E-state index is 11.9. The molecule has 1 amide bonds. The molecule has 1 aliphatic rings. The molecule has 1 aromatic rings. The molecular weight excluding hydrogens is 232 g/mol. The molecule has 1 saturated carbocycles. The lowest BCUT2D eigenvalue weighted by Crippen LogP contribution is -2.32. The lowest BCUT2D eigenvalue weighted by atomic mass is 10.1. The summed E-state index contributed by atoms with van der Waals surface area (Å²) in [5, 5.41) is 18.7. The van der Waals surface area contributed by atoms with Crippen LogP contribution in [0.3, 0.4) is 0 Å². The van der Waals surface area contributed by atoms with Crippen molar-refractivity contribution in [3.05, 3.63) is 11.4 Å². The average Bonchev–Trinajstić information content (AvgIpc) is 3.07. The topological polar surface area (TPSA) is 104 Å². The third-order valence-corrected chi connectivity index (χ3v) is 3.51. The van der Waals surface area contributed by atoms with Crippen molar-refractivity contribution in [2.45, 2.75) is 32.6 Å². The molecule has 0 unspecified atom stereocenters. The number of hydrogen-bond donors (Lipinski definition) is 4. The van der Waals surface area contributed by atoms with E-state index in [2.05, 4.69) is 15.5 Å². The van der Waals surface area contributed by atoms with E-state index in [0.29, 0.717) is 12.2 Å². The Labute approximate surface area is 106 Å². The van der Waals surface area contributed by atoms with E-state index in [-0.39, 0.29) is 23.6 Å². The van der Waals surface area contributed by atoms with Crippen LogP contribution in [0.1, 0.15) is 42.4 Å². The van der Waals surface area contributed by atoms with Crippen molar-refractivity contribution in [2.24, 2.45) is 5.41 Å². The predicted octanol–water partition coefficient (Wildman–Crippen LogP) is 0.447. The zero-order valence-corrected chi connectivity index (χ0v) is 10.6. The number of rotatable bonds is 6. The van der Waals surface area contributed by atoms with E-state index in [1.54, 1.807) is 0 Å². The summed E-state index contributed by atoms with van der Waals surface area (Å²) in [6.45, 7) is 2.64. The Morgan fingerprint density at radius 2 is 2.33 bits per heavy atom. The van der Waals surface area contributed by atoms with Gasteiger partial charge in [0.25, 0.3) is 5.91 Å². The molecular formula is C12H20N4O2. The molecule has 0 radical (unpaired) electrons. The van der Waals surface area contributed by atoms with Gasteiger partial charge in [-0.25, -0.2) is 0 Å². The molecule has 0 aliphatic heterocycles. The fourth-order valence-corrected chi connectivity index (χ4v) is 1.92. The zero-order valence-electron chi connectivity index (χ0n) is 10.6. The van der Waals surface area contributed by atoms with Crippen LogP contribution in [0.25, 0.3) is 0 Å². The molecule has 0 bridgehead atoms. The molecule has 6 nitrogen and oxygen atoms in total. The van der Waals surface area contributed by atoms with Gasteiger partial charge in [0, 0.05) is 12.0 Å². The normalized spacial score (nSPS) is 16.6. The molecule has 2 rings (SSSR count). The maximum Gasteiger partial charge on any atom is 0.273 e. The fourth-order valence-electron chi connectivity index (χ4n) is 1.92. The largest absolute Gasteiger partial charge is 0.396 e. The van der Waals surface area contributed by atoms with E-state index in [9.17, 15) is 9.90 Å². The lowest BCUT2D eigenvalue weighted by molar-refractivity contribution is 0.0931. The summed E-state index contributed by atoms with van der Waals surface area (Å²) >= 11 is 0. The van der Waals surface area contributed by atoms with E-state index in [1.807, 2.05) is 6.92 Å². The summed E-state index contributed by atoms with van der Waals surface area (Å²) in [5.41, 5.74) is 7.27. The zero-order chi connectivity index (χ0) is 13.2. The van der Waals surface area contributed by atoms with Crippen molar-refractivity contribution >= 4 is 11.6 Å². The van der Waals surface area contributed by atoms with Gasteiger partial charge >= 0.3 is 0 Å². The number of nitrogen functional groups attached to an aromatic ring is 1. The molecule has 0 spiro atoms. The molecule has 0 saturated heterocycles. The van der Waals surface area contributed by atoms with Crippen molar-refractivity contribution in [3.63, 3.8) is 0 Å². The predicted molar refractivity (Wildman–Crippen MR) is 68.1 cm³/mol. The number of nitrogens with two attached hydrogens (primary N) is 1. The van der Waals surface area contributed by atoms with Gasteiger partial charge in [-0.2, -0.15) is 5.10 Å². The van der Waals surface area contributed by atoms with Gasteiger partial charge in [-0.05, 0) is 19.3 Å². The number of aromatic amines is 1. The first kappa shape index (κ1) is 12.9. The molecule has 0 aromatic carbocycles. The second-order valence-corrected chi connectivity index (χ2v) is 5.06. The molecule has 1 heterocycles. The first-order chi connectivity index (χ1) is 8.62. The van der Waals surface area contributed by atoms with Gasteiger partial charge in [-0.1, -0.05) is 13.3 Å². The summed E-state index contributed by atoms with van der Waals surface area (Å²) < 4.78 is 0. The van der Waals surface area contributed by atoms with Gasteiger partial charge < -0.3 is 16.2 Å². The number of nitrogens with zero attached hydrogens (tertiary/aromatic N) is 1. The number of amides is 1. The molecule has 1 aliphatic carbocycles. The number of H-pyrrole nitrogens is 1. The molecule has 1 fully saturated rings. The quantitative estimate of drug-likeness (QED) is 0.590. The Hall–Kier alpha value is -1.56. The molecule has 0 atom stereocenters. The minimum absolute atomic E-state index is 0.104. The highest BCUT2D eigenvalue weighted by Crippen LogP contribution is 2.44. The number of carbonyl (C=O) groups is 1. The van der Waals surface area contributed by atoms with Crippen LogP contribution in [-0.2, 0) is 6.42 Å². The summed E-state index contributed by atoms with van der Waals surface area (Å²) in [7, 11) is 0. The number of aryl methyl sites for hydroxylation is 1. The van der Waals surface area contributed by atoms with E-state index in [0.717, 1.165) is 31.4 Å². The highest BCUT2D eigenvalue weighted by Gasteiger charge is 2.42. The van der Waals surface area contributed by atoms with E-state index in [1.165, 1.54) is 0 Å². The molecule has 18 heavy (non-hydrogen) atoms. The van der Waals surface area contributed by atoms with Crippen LogP contribution in [0.4, 0.5) is 5.69 Å². The van der Waals surface area contributed by atoms with Gasteiger partial charge in [0.05, 0.1) is 18.0 Å².